The lowest BCUT2D eigenvalue weighted by atomic mass is 10.1. The van der Waals surface area contributed by atoms with Crippen LogP contribution in [0.25, 0.3) is 10.9 Å². The summed E-state index contributed by atoms with van der Waals surface area (Å²) in [4.78, 5) is 12.5. The van der Waals surface area contributed by atoms with Gasteiger partial charge in [0.15, 0.2) is 0 Å². The second-order valence-corrected chi connectivity index (χ2v) is 5.94. The van der Waals surface area contributed by atoms with E-state index in [0.29, 0.717) is 0 Å². The molecule has 0 atom stereocenters. The van der Waals surface area contributed by atoms with E-state index in [1.807, 2.05) is 39.8 Å². The summed E-state index contributed by atoms with van der Waals surface area (Å²) in [6.45, 7) is 10.9. The van der Waals surface area contributed by atoms with Gasteiger partial charge in [0.05, 0.1) is 0 Å². The maximum Gasteiger partial charge on any atom is 0.268 e. The minimum atomic E-state index is -0.224. The first-order chi connectivity index (χ1) is 8.85. The van der Waals surface area contributed by atoms with E-state index in [2.05, 4.69) is 28.9 Å². The average Bonchev–Trinajstić information content (AvgIpc) is 2.60. The zero-order chi connectivity index (χ0) is 14.2. The van der Waals surface area contributed by atoms with Gasteiger partial charge in [-0.25, -0.2) is 0 Å². The van der Waals surface area contributed by atoms with E-state index in [1.165, 1.54) is 0 Å². The highest BCUT2D eigenvalue weighted by Gasteiger charge is 2.22. The molecule has 1 amide bonds. The van der Waals surface area contributed by atoms with Gasteiger partial charge in [-0.15, -0.1) is 0 Å². The van der Waals surface area contributed by atoms with E-state index < -0.39 is 0 Å². The predicted molar refractivity (Wildman–Crippen MR) is 79.6 cm³/mol. The molecule has 1 aromatic carbocycles. The molecule has 2 rings (SSSR count). The molecule has 0 spiro atoms. The molecule has 0 aliphatic rings. The highest BCUT2D eigenvalue weighted by molar-refractivity contribution is 6.01. The van der Waals surface area contributed by atoms with Crippen LogP contribution >= 0.6 is 0 Å². The van der Waals surface area contributed by atoms with E-state index in [1.54, 1.807) is 0 Å². The lowest BCUT2D eigenvalue weighted by Crippen LogP contribution is -2.41. The Balaban J connectivity index is 2.60. The summed E-state index contributed by atoms with van der Waals surface area (Å²) < 4.78 is 2.09. The number of amides is 1. The summed E-state index contributed by atoms with van der Waals surface area (Å²) in [5, 5.41) is 4.21. The Morgan fingerprint density at radius 2 is 1.89 bits per heavy atom. The molecule has 0 saturated heterocycles. The standard InChI is InChI=1S/C16H22N2O/c1-6-18-13-10-8-7-9-12(13)11(2)14(18)15(19)17-16(3,4)5/h7-10H,6H2,1-5H3,(H,17,19). The molecule has 0 aliphatic carbocycles. The number of rotatable bonds is 2. The van der Waals surface area contributed by atoms with Crippen LogP contribution in [-0.2, 0) is 6.54 Å². The molecular formula is C16H22N2O. The van der Waals surface area contributed by atoms with Crippen molar-refractivity contribution in [2.75, 3.05) is 0 Å². The van der Waals surface area contributed by atoms with Gasteiger partial charge in [-0.05, 0) is 46.2 Å². The van der Waals surface area contributed by atoms with E-state index in [9.17, 15) is 4.79 Å². The predicted octanol–water partition coefficient (Wildman–Crippen LogP) is 3.50. The number of fused-ring (bicyclic) bond motifs is 1. The number of aromatic nitrogens is 1. The van der Waals surface area contributed by atoms with Crippen molar-refractivity contribution in [3.8, 4) is 0 Å². The summed E-state index contributed by atoms with van der Waals surface area (Å²) in [6.07, 6.45) is 0. The molecule has 1 N–H and O–H groups in total. The fourth-order valence-electron chi connectivity index (χ4n) is 2.50. The fourth-order valence-corrected chi connectivity index (χ4v) is 2.50. The third-order valence-electron chi connectivity index (χ3n) is 3.24. The maximum absolute atomic E-state index is 12.5. The summed E-state index contributed by atoms with van der Waals surface area (Å²) >= 11 is 0. The summed E-state index contributed by atoms with van der Waals surface area (Å²) in [7, 11) is 0. The van der Waals surface area contributed by atoms with Crippen molar-refractivity contribution in [1.82, 2.24) is 9.88 Å². The lowest BCUT2D eigenvalue weighted by Gasteiger charge is -2.21. The molecule has 19 heavy (non-hydrogen) atoms. The van der Waals surface area contributed by atoms with Crippen molar-refractivity contribution in [2.45, 2.75) is 46.7 Å². The Hall–Kier alpha value is -1.77. The van der Waals surface area contributed by atoms with E-state index >= 15 is 0 Å². The van der Waals surface area contributed by atoms with Crippen LogP contribution in [0.2, 0.25) is 0 Å². The van der Waals surface area contributed by atoms with Crippen LogP contribution < -0.4 is 5.32 Å². The van der Waals surface area contributed by atoms with Gasteiger partial charge >= 0.3 is 0 Å². The molecule has 1 heterocycles. The van der Waals surface area contributed by atoms with Crippen LogP contribution in [0.3, 0.4) is 0 Å². The van der Waals surface area contributed by atoms with Crippen molar-refractivity contribution >= 4 is 16.8 Å². The minimum Gasteiger partial charge on any atom is -0.346 e. The second kappa shape index (κ2) is 4.72. The van der Waals surface area contributed by atoms with Crippen molar-refractivity contribution in [3.05, 3.63) is 35.5 Å². The number of aryl methyl sites for hydroxylation is 2. The molecule has 0 unspecified atom stereocenters. The van der Waals surface area contributed by atoms with Gasteiger partial charge in [-0.1, -0.05) is 18.2 Å². The van der Waals surface area contributed by atoms with E-state index in [-0.39, 0.29) is 11.4 Å². The normalized spacial score (nSPS) is 11.8. The van der Waals surface area contributed by atoms with Gasteiger partial charge in [0.1, 0.15) is 5.69 Å². The number of nitrogens with one attached hydrogen (secondary N) is 1. The van der Waals surface area contributed by atoms with Crippen molar-refractivity contribution in [2.24, 2.45) is 0 Å². The lowest BCUT2D eigenvalue weighted by molar-refractivity contribution is 0.0910. The summed E-state index contributed by atoms with van der Waals surface area (Å²) in [5.41, 5.74) is 2.73. The number of nitrogens with zero attached hydrogens (tertiary/aromatic N) is 1. The molecule has 3 nitrogen and oxygen atoms in total. The first kappa shape index (κ1) is 13.7. The average molecular weight is 258 g/mol. The van der Waals surface area contributed by atoms with Crippen molar-refractivity contribution in [1.29, 1.82) is 0 Å². The number of carbonyl (C=O) groups is 1. The van der Waals surface area contributed by atoms with Gasteiger partial charge < -0.3 is 9.88 Å². The molecule has 0 bridgehead atoms. The molecule has 1 aromatic heterocycles. The number of benzene rings is 1. The number of hydrogen-bond acceptors (Lipinski definition) is 1. The highest BCUT2D eigenvalue weighted by Crippen LogP contribution is 2.25. The minimum absolute atomic E-state index is 0.00282. The SMILES string of the molecule is CCn1c(C(=O)NC(C)(C)C)c(C)c2ccccc21. The zero-order valence-corrected chi connectivity index (χ0v) is 12.4. The monoisotopic (exact) mass is 258 g/mol. The van der Waals surface area contributed by atoms with Gasteiger partial charge in [0.25, 0.3) is 5.91 Å². The molecule has 2 aromatic rings. The van der Waals surface area contributed by atoms with Gasteiger partial charge in [0, 0.05) is 23.0 Å². The van der Waals surface area contributed by atoms with Crippen LogP contribution in [0.1, 0.15) is 43.7 Å². The quantitative estimate of drug-likeness (QED) is 0.879. The third-order valence-corrected chi connectivity index (χ3v) is 3.24. The fraction of sp³-hybridized carbons (Fsp3) is 0.438. The van der Waals surface area contributed by atoms with Crippen molar-refractivity contribution in [3.63, 3.8) is 0 Å². The Kier molecular flexibility index (Phi) is 3.40. The maximum atomic E-state index is 12.5. The van der Waals surface area contributed by atoms with Crippen LogP contribution in [0.15, 0.2) is 24.3 Å². The number of hydrogen-bond donors (Lipinski definition) is 1. The Morgan fingerprint density at radius 1 is 1.26 bits per heavy atom. The number of para-hydroxylation sites is 1. The van der Waals surface area contributed by atoms with Gasteiger partial charge in [-0.3, -0.25) is 4.79 Å². The molecule has 102 valence electrons. The molecule has 0 saturated carbocycles. The third kappa shape index (κ3) is 2.50. The van der Waals surface area contributed by atoms with Gasteiger partial charge in [0.2, 0.25) is 0 Å². The Morgan fingerprint density at radius 3 is 2.47 bits per heavy atom. The Labute approximate surface area is 114 Å². The summed E-state index contributed by atoms with van der Waals surface area (Å²) in [5.74, 6) is 0.00282. The smallest absolute Gasteiger partial charge is 0.268 e. The molecular weight excluding hydrogens is 236 g/mol. The van der Waals surface area contributed by atoms with E-state index in [0.717, 1.165) is 28.7 Å². The summed E-state index contributed by atoms with van der Waals surface area (Å²) in [6, 6.07) is 8.17. The first-order valence-corrected chi connectivity index (χ1v) is 6.75. The van der Waals surface area contributed by atoms with Gasteiger partial charge in [-0.2, -0.15) is 0 Å². The molecule has 3 heteroatoms. The number of carbonyl (C=O) groups excluding carboxylic acids is 1. The zero-order valence-electron chi connectivity index (χ0n) is 12.4. The van der Waals surface area contributed by atoms with Crippen LogP contribution in [0.4, 0.5) is 0 Å². The second-order valence-electron chi connectivity index (χ2n) is 5.94. The van der Waals surface area contributed by atoms with Crippen molar-refractivity contribution < 1.29 is 4.79 Å². The first-order valence-electron chi connectivity index (χ1n) is 6.75. The highest BCUT2D eigenvalue weighted by atomic mass is 16.2. The molecule has 0 radical (unpaired) electrons. The molecule has 0 fully saturated rings. The van der Waals surface area contributed by atoms with Crippen LogP contribution in [-0.4, -0.2) is 16.0 Å². The van der Waals surface area contributed by atoms with E-state index in [4.69, 9.17) is 0 Å². The molecule has 0 aliphatic heterocycles. The van der Waals surface area contributed by atoms with Crippen LogP contribution in [0.5, 0.6) is 0 Å². The topological polar surface area (TPSA) is 34.0 Å². The van der Waals surface area contributed by atoms with Crippen LogP contribution in [0, 0.1) is 6.92 Å². The Bertz CT molecular complexity index is 617. The largest absolute Gasteiger partial charge is 0.346 e.